The number of halogens is 1. The third-order valence-electron chi connectivity index (χ3n) is 4.28. The zero-order valence-electron chi connectivity index (χ0n) is 14.0. The molecule has 0 aliphatic carbocycles. The molecule has 0 unspecified atom stereocenters. The highest BCUT2D eigenvalue weighted by molar-refractivity contribution is 5.98. The van der Waals surface area contributed by atoms with Crippen molar-refractivity contribution in [2.45, 2.75) is 33.1 Å². The molecule has 1 aliphatic rings. The standard InChI is InChI=1S/C18H26N2O2.ClH/c1-13(2)11-14-3-5-15(6-4-14)18(22)16-7-9-20(10-8-16)17(21)12-19;/h3-6,13,16H,7-12,19H2,1-2H3;1H. The molecule has 1 saturated heterocycles. The van der Waals surface area contributed by atoms with Crippen LogP contribution in [0.1, 0.15) is 42.6 Å². The minimum Gasteiger partial charge on any atom is -0.342 e. The summed E-state index contributed by atoms with van der Waals surface area (Å²) in [5, 5.41) is 0. The predicted octanol–water partition coefficient (Wildman–Crippen LogP) is 2.69. The summed E-state index contributed by atoms with van der Waals surface area (Å²) in [6, 6.07) is 8.00. The molecule has 4 nitrogen and oxygen atoms in total. The molecule has 0 spiro atoms. The molecule has 0 radical (unpaired) electrons. The van der Waals surface area contributed by atoms with Crippen LogP contribution in [0.15, 0.2) is 24.3 Å². The van der Waals surface area contributed by atoms with E-state index in [1.54, 1.807) is 4.90 Å². The Balaban J connectivity index is 0.00000264. The Morgan fingerprint density at radius 3 is 2.22 bits per heavy atom. The lowest BCUT2D eigenvalue weighted by Crippen LogP contribution is -2.43. The second-order valence-corrected chi connectivity index (χ2v) is 6.52. The molecule has 2 rings (SSSR count). The number of ketones is 1. The minimum atomic E-state index is -0.0241. The molecule has 0 bridgehead atoms. The molecule has 2 N–H and O–H groups in total. The molecule has 128 valence electrons. The number of hydrogen-bond donors (Lipinski definition) is 1. The van der Waals surface area contributed by atoms with Gasteiger partial charge in [-0.25, -0.2) is 0 Å². The number of nitrogens with two attached hydrogens (primary N) is 1. The number of rotatable bonds is 5. The maximum Gasteiger partial charge on any atom is 0.236 e. The van der Waals surface area contributed by atoms with Crippen molar-refractivity contribution < 1.29 is 9.59 Å². The van der Waals surface area contributed by atoms with Crippen molar-refractivity contribution in [2.24, 2.45) is 17.6 Å². The van der Waals surface area contributed by atoms with E-state index in [0.717, 1.165) is 24.8 Å². The summed E-state index contributed by atoms with van der Waals surface area (Å²) >= 11 is 0. The van der Waals surface area contributed by atoms with Gasteiger partial charge in [-0.2, -0.15) is 0 Å². The lowest BCUT2D eigenvalue weighted by Gasteiger charge is -2.31. The van der Waals surface area contributed by atoms with Gasteiger partial charge in [0.25, 0.3) is 0 Å². The van der Waals surface area contributed by atoms with E-state index < -0.39 is 0 Å². The van der Waals surface area contributed by atoms with Crippen LogP contribution in [0.25, 0.3) is 0 Å². The summed E-state index contributed by atoms with van der Waals surface area (Å²) < 4.78 is 0. The number of nitrogens with zero attached hydrogens (tertiary/aromatic N) is 1. The number of benzene rings is 1. The third-order valence-corrected chi connectivity index (χ3v) is 4.28. The second-order valence-electron chi connectivity index (χ2n) is 6.52. The number of carbonyl (C=O) groups is 2. The molecule has 1 aromatic rings. The largest absolute Gasteiger partial charge is 0.342 e. The lowest BCUT2D eigenvalue weighted by atomic mass is 9.88. The Morgan fingerprint density at radius 2 is 1.74 bits per heavy atom. The van der Waals surface area contributed by atoms with E-state index in [0.29, 0.717) is 19.0 Å². The molecule has 0 aromatic heterocycles. The lowest BCUT2D eigenvalue weighted by molar-refractivity contribution is -0.130. The molecule has 0 atom stereocenters. The molecule has 0 saturated carbocycles. The highest BCUT2D eigenvalue weighted by atomic mass is 35.5. The van der Waals surface area contributed by atoms with Gasteiger partial charge < -0.3 is 10.6 Å². The van der Waals surface area contributed by atoms with Crippen LogP contribution in [0, 0.1) is 11.8 Å². The molecule has 1 amide bonds. The van der Waals surface area contributed by atoms with E-state index in [2.05, 4.69) is 26.0 Å². The van der Waals surface area contributed by atoms with Crippen LogP contribution in [0.4, 0.5) is 0 Å². The number of piperidine rings is 1. The predicted molar refractivity (Wildman–Crippen MR) is 94.9 cm³/mol. The van der Waals surface area contributed by atoms with Crippen molar-refractivity contribution in [3.05, 3.63) is 35.4 Å². The van der Waals surface area contributed by atoms with E-state index >= 15 is 0 Å². The SMILES string of the molecule is CC(C)Cc1ccc(C(=O)C2CCN(C(=O)CN)CC2)cc1.Cl. The maximum absolute atomic E-state index is 12.6. The van der Waals surface area contributed by atoms with Gasteiger partial charge in [-0.1, -0.05) is 38.1 Å². The monoisotopic (exact) mass is 338 g/mol. The summed E-state index contributed by atoms with van der Waals surface area (Å²) in [5.74, 6) is 0.823. The average molecular weight is 339 g/mol. The van der Waals surface area contributed by atoms with E-state index in [1.165, 1.54) is 5.56 Å². The Kier molecular flexibility index (Phi) is 7.73. The normalized spacial score (nSPS) is 15.4. The number of Topliss-reactive ketones (excluding diaryl/α,β-unsaturated/α-hetero) is 1. The van der Waals surface area contributed by atoms with Gasteiger partial charge in [-0.05, 0) is 30.7 Å². The Hall–Kier alpha value is -1.39. The van der Waals surface area contributed by atoms with Crippen LogP contribution in [0.3, 0.4) is 0 Å². The summed E-state index contributed by atoms with van der Waals surface area (Å²) in [4.78, 5) is 25.9. The van der Waals surface area contributed by atoms with Gasteiger partial charge in [0, 0.05) is 24.6 Å². The highest BCUT2D eigenvalue weighted by Crippen LogP contribution is 2.22. The Morgan fingerprint density at radius 1 is 1.17 bits per heavy atom. The molecule has 1 aromatic carbocycles. The smallest absolute Gasteiger partial charge is 0.236 e. The number of hydrogen-bond acceptors (Lipinski definition) is 3. The average Bonchev–Trinajstić information content (AvgIpc) is 2.54. The van der Waals surface area contributed by atoms with Crippen LogP contribution in [-0.2, 0) is 11.2 Å². The highest BCUT2D eigenvalue weighted by Gasteiger charge is 2.27. The van der Waals surface area contributed by atoms with Crippen molar-refractivity contribution in [1.29, 1.82) is 0 Å². The first-order valence-corrected chi connectivity index (χ1v) is 8.12. The van der Waals surface area contributed by atoms with E-state index in [1.807, 2.05) is 12.1 Å². The molecule has 5 heteroatoms. The summed E-state index contributed by atoms with van der Waals surface area (Å²) in [6.45, 7) is 5.70. The van der Waals surface area contributed by atoms with Crippen LogP contribution in [0.5, 0.6) is 0 Å². The first-order valence-electron chi connectivity index (χ1n) is 8.12. The second kappa shape index (κ2) is 9.04. The molecule has 1 aliphatic heterocycles. The van der Waals surface area contributed by atoms with Gasteiger partial charge in [0.1, 0.15) is 0 Å². The van der Waals surface area contributed by atoms with Crippen molar-refractivity contribution >= 4 is 24.1 Å². The molecule has 1 heterocycles. The topological polar surface area (TPSA) is 63.4 Å². The molecular weight excluding hydrogens is 312 g/mol. The Labute approximate surface area is 144 Å². The Bertz CT molecular complexity index is 520. The fourth-order valence-corrected chi connectivity index (χ4v) is 3.03. The van der Waals surface area contributed by atoms with Crippen molar-refractivity contribution in [1.82, 2.24) is 4.90 Å². The van der Waals surface area contributed by atoms with Crippen LogP contribution in [0.2, 0.25) is 0 Å². The van der Waals surface area contributed by atoms with E-state index in [-0.39, 0.29) is 36.6 Å². The zero-order chi connectivity index (χ0) is 16.1. The van der Waals surface area contributed by atoms with Crippen molar-refractivity contribution in [2.75, 3.05) is 19.6 Å². The molecule has 1 fully saturated rings. The first kappa shape index (κ1) is 19.7. The van der Waals surface area contributed by atoms with Crippen LogP contribution >= 0.6 is 12.4 Å². The summed E-state index contributed by atoms with van der Waals surface area (Å²) in [5.41, 5.74) is 7.44. The fraction of sp³-hybridized carbons (Fsp3) is 0.556. The van der Waals surface area contributed by atoms with Gasteiger partial charge in [-0.15, -0.1) is 12.4 Å². The number of carbonyl (C=O) groups excluding carboxylic acids is 2. The van der Waals surface area contributed by atoms with E-state index in [9.17, 15) is 9.59 Å². The third kappa shape index (κ3) is 5.33. The van der Waals surface area contributed by atoms with Gasteiger partial charge in [-0.3, -0.25) is 9.59 Å². The number of likely N-dealkylation sites (tertiary alicyclic amines) is 1. The van der Waals surface area contributed by atoms with Gasteiger partial charge >= 0.3 is 0 Å². The minimum absolute atomic E-state index is 0. The first-order chi connectivity index (χ1) is 10.5. The van der Waals surface area contributed by atoms with E-state index in [4.69, 9.17) is 5.73 Å². The van der Waals surface area contributed by atoms with Gasteiger partial charge in [0.05, 0.1) is 6.54 Å². The summed E-state index contributed by atoms with van der Waals surface area (Å²) in [6.07, 6.45) is 2.50. The van der Waals surface area contributed by atoms with Crippen LogP contribution in [-0.4, -0.2) is 36.2 Å². The number of amides is 1. The zero-order valence-corrected chi connectivity index (χ0v) is 14.8. The van der Waals surface area contributed by atoms with Gasteiger partial charge in [0.15, 0.2) is 5.78 Å². The molecule has 23 heavy (non-hydrogen) atoms. The quantitative estimate of drug-likeness (QED) is 0.839. The van der Waals surface area contributed by atoms with Crippen molar-refractivity contribution in [3.63, 3.8) is 0 Å². The van der Waals surface area contributed by atoms with Gasteiger partial charge in [0.2, 0.25) is 5.91 Å². The fourth-order valence-electron chi connectivity index (χ4n) is 3.03. The summed E-state index contributed by atoms with van der Waals surface area (Å²) in [7, 11) is 0. The molecular formula is C18H27ClN2O2. The maximum atomic E-state index is 12.6. The van der Waals surface area contributed by atoms with Crippen LogP contribution < -0.4 is 5.73 Å². The van der Waals surface area contributed by atoms with Crippen molar-refractivity contribution in [3.8, 4) is 0 Å².